The Bertz CT molecular complexity index is 307. The van der Waals surface area contributed by atoms with E-state index in [1.807, 2.05) is 41.5 Å². The Morgan fingerprint density at radius 3 is 1.89 bits per heavy atom. The molecule has 0 saturated carbocycles. The first kappa shape index (κ1) is 15.3. The SMILES string of the molecule is CC(C)(C)OC(=O)N1CCC(F)(C(C)(C)C)CC1. The summed E-state index contributed by atoms with van der Waals surface area (Å²) in [6.45, 7) is 12.1. The van der Waals surface area contributed by atoms with Crippen LogP contribution in [0.25, 0.3) is 0 Å². The normalized spacial score (nSPS) is 20.7. The molecule has 1 rings (SSSR count). The van der Waals surface area contributed by atoms with Crippen LogP contribution in [0.2, 0.25) is 0 Å². The quantitative estimate of drug-likeness (QED) is 0.662. The molecule has 18 heavy (non-hydrogen) atoms. The third kappa shape index (κ3) is 3.59. The van der Waals surface area contributed by atoms with Gasteiger partial charge in [-0.05, 0) is 39.0 Å². The molecular formula is C14H26FNO2. The molecule has 106 valence electrons. The van der Waals surface area contributed by atoms with Gasteiger partial charge in [-0.3, -0.25) is 0 Å². The van der Waals surface area contributed by atoms with Crippen LogP contribution in [-0.4, -0.2) is 35.4 Å². The number of hydrogen-bond acceptors (Lipinski definition) is 2. The number of hydrogen-bond donors (Lipinski definition) is 0. The zero-order valence-corrected chi connectivity index (χ0v) is 12.5. The van der Waals surface area contributed by atoms with E-state index >= 15 is 0 Å². The molecule has 0 aromatic heterocycles. The molecule has 4 heteroatoms. The third-order valence-electron chi connectivity index (χ3n) is 3.55. The highest BCUT2D eigenvalue weighted by molar-refractivity contribution is 5.68. The van der Waals surface area contributed by atoms with E-state index in [0.717, 1.165) is 0 Å². The van der Waals surface area contributed by atoms with Crippen molar-refractivity contribution in [1.82, 2.24) is 4.90 Å². The zero-order chi connectivity index (χ0) is 14.2. The van der Waals surface area contributed by atoms with Gasteiger partial charge in [0, 0.05) is 13.1 Å². The number of likely N-dealkylation sites (tertiary alicyclic amines) is 1. The fraction of sp³-hybridized carbons (Fsp3) is 0.929. The van der Waals surface area contributed by atoms with Crippen LogP contribution in [0, 0.1) is 5.41 Å². The minimum absolute atomic E-state index is 0.335. The molecule has 0 atom stereocenters. The molecule has 0 aromatic rings. The molecule has 0 bridgehead atoms. The standard InChI is InChI=1S/C14H26FNO2/c1-12(2,3)14(15)7-9-16(10-8-14)11(17)18-13(4,5)6/h7-10H2,1-6H3. The van der Waals surface area contributed by atoms with Gasteiger partial charge in [0.25, 0.3) is 0 Å². The number of amides is 1. The molecule has 0 N–H and O–H groups in total. The van der Waals surface area contributed by atoms with E-state index in [2.05, 4.69) is 0 Å². The van der Waals surface area contributed by atoms with Crippen LogP contribution in [0.4, 0.5) is 9.18 Å². The summed E-state index contributed by atoms with van der Waals surface area (Å²) in [5.41, 5.74) is -2.07. The Morgan fingerprint density at radius 2 is 1.56 bits per heavy atom. The van der Waals surface area contributed by atoms with Crippen LogP contribution in [0.1, 0.15) is 54.4 Å². The summed E-state index contributed by atoms with van der Waals surface area (Å²) in [6.07, 6.45) is 0.435. The highest BCUT2D eigenvalue weighted by Crippen LogP contribution is 2.42. The summed E-state index contributed by atoms with van der Waals surface area (Å²) >= 11 is 0. The minimum Gasteiger partial charge on any atom is -0.444 e. The Morgan fingerprint density at radius 1 is 1.11 bits per heavy atom. The van der Waals surface area contributed by atoms with E-state index in [4.69, 9.17) is 4.74 Å². The van der Waals surface area contributed by atoms with Crippen molar-refractivity contribution in [3.05, 3.63) is 0 Å². The summed E-state index contributed by atoms with van der Waals surface area (Å²) in [4.78, 5) is 13.5. The first-order valence-corrected chi connectivity index (χ1v) is 6.61. The van der Waals surface area contributed by atoms with Crippen LogP contribution in [0.3, 0.4) is 0 Å². The number of alkyl halides is 1. The van der Waals surface area contributed by atoms with E-state index in [1.165, 1.54) is 0 Å². The second-order valence-corrected chi connectivity index (χ2v) is 7.18. The van der Waals surface area contributed by atoms with Crippen molar-refractivity contribution in [3.63, 3.8) is 0 Å². The molecule has 1 heterocycles. The monoisotopic (exact) mass is 259 g/mol. The van der Waals surface area contributed by atoms with Crippen molar-refractivity contribution in [2.24, 2.45) is 5.41 Å². The number of carbonyl (C=O) groups is 1. The second kappa shape index (κ2) is 4.71. The van der Waals surface area contributed by atoms with Crippen LogP contribution in [-0.2, 0) is 4.74 Å². The maximum atomic E-state index is 14.7. The number of rotatable bonds is 0. The van der Waals surface area contributed by atoms with Gasteiger partial charge in [-0.2, -0.15) is 0 Å². The lowest BCUT2D eigenvalue weighted by molar-refractivity contribution is -0.0382. The molecule has 0 aliphatic carbocycles. The number of ether oxygens (including phenoxy) is 1. The van der Waals surface area contributed by atoms with Gasteiger partial charge in [0.1, 0.15) is 11.3 Å². The lowest BCUT2D eigenvalue weighted by Crippen LogP contribution is -2.51. The van der Waals surface area contributed by atoms with Crippen molar-refractivity contribution in [3.8, 4) is 0 Å². The van der Waals surface area contributed by atoms with Crippen molar-refractivity contribution in [1.29, 1.82) is 0 Å². The summed E-state index contributed by atoms with van der Waals surface area (Å²) in [5, 5.41) is 0. The summed E-state index contributed by atoms with van der Waals surface area (Å²) in [5.74, 6) is 0. The van der Waals surface area contributed by atoms with Crippen molar-refractivity contribution in [2.45, 2.75) is 65.7 Å². The number of halogens is 1. The zero-order valence-electron chi connectivity index (χ0n) is 12.5. The van der Waals surface area contributed by atoms with E-state index in [0.29, 0.717) is 25.9 Å². The lowest BCUT2D eigenvalue weighted by atomic mass is 9.72. The average molecular weight is 259 g/mol. The van der Waals surface area contributed by atoms with Gasteiger partial charge in [0.05, 0.1) is 0 Å². The molecule has 1 fully saturated rings. The van der Waals surface area contributed by atoms with Crippen LogP contribution in [0.15, 0.2) is 0 Å². The van der Waals surface area contributed by atoms with Crippen molar-refractivity contribution >= 4 is 6.09 Å². The van der Waals surface area contributed by atoms with Crippen molar-refractivity contribution < 1.29 is 13.9 Å². The topological polar surface area (TPSA) is 29.5 Å². The molecule has 1 aliphatic rings. The first-order valence-electron chi connectivity index (χ1n) is 6.61. The van der Waals surface area contributed by atoms with E-state index < -0.39 is 11.3 Å². The van der Waals surface area contributed by atoms with Crippen molar-refractivity contribution in [2.75, 3.05) is 13.1 Å². The Balaban J connectivity index is 2.57. The molecule has 0 aromatic carbocycles. The average Bonchev–Trinajstić information content (AvgIpc) is 2.14. The van der Waals surface area contributed by atoms with Gasteiger partial charge in [0.15, 0.2) is 0 Å². The Hall–Kier alpha value is -0.800. The van der Waals surface area contributed by atoms with Crippen LogP contribution >= 0.6 is 0 Å². The van der Waals surface area contributed by atoms with E-state index in [1.54, 1.807) is 4.90 Å². The smallest absolute Gasteiger partial charge is 0.410 e. The van der Waals surface area contributed by atoms with Gasteiger partial charge >= 0.3 is 6.09 Å². The number of carbonyl (C=O) groups excluding carboxylic acids is 1. The second-order valence-electron chi connectivity index (χ2n) is 7.18. The predicted molar refractivity (Wildman–Crippen MR) is 70.3 cm³/mol. The summed E-state index contributed by atoms with van der Waals surface area (Å²) < 4.78 is 20.0. The lowest BCUT2D eigenvalue weighted by Gasteiger charge is -2.44. The third-order valence-corrected chi connectivity index (χ3v) is 3.55. The molecule has 0 spiro atoms. The summed E-state index contributed by atoms with van der Waals surface area (Å²) in [6, 6.07) is 0. The van der Waals surface area contributed by atoms with Gasteiger partial charge < -0.3 is 9.64 Å². The van der Waals surface area contributed by atoms with Gasteiger partial charge in [0.2, 0.25) is 0 Å². The van der Waals surface area contributed by atoms with Gasteiger partial charge in [-0.1, -0.05) is 20.8 Å². The van der Waals surface area contributed by atoms with Crippen LogP contribution in [0.5, 0.6) is 0 Å². The molecular weight excluding hydrogens is 233 g/mol. The minimum atomic E-state index is -1.19. The number of piperidine rings is 1. The van der Waals surface area contributed by atoms with E-state index in [9.17, 15) is 9.18 Å². The Kier molecular flexibility index (Phi) is 3.99. The Labute approximate surface area is 110 Å². The predicted octanol–water partition coefficient (Wildman–Crippen LogP) is 3.77. The molecule has 0 unspecified atom stereocenters. The summed E-state index contributed by atoms with van der Waals surface area (Å²) in [7, 11) is 0. The first-order chi connectivity index (χ1) is 7.95. The van der Waals surface area contributed by atoms with E-state index in [-0.39, 0.29) is 11.5 Å². The highest BCUT2D eigenvalue weighted by atomic mass is 19.1. The fourth-order valence-electron chi connectivity index (χ4n) is 2.12. The fourth-order valence-corrected chi connectivity index (χ4v) is 2.12. The number of nitrogens with zero attached hydrogens (tertiary/aromatic N) is 1. The van der Waals surface area contributed by atoms with Crippen LogP contribution < -0.4 is 0 Å². The maximum Gasteiger partial charge on any atom is 0.410 e. The maximum absolute atomic E-state index is 14.7. The van der Waals surface area contributed by atoms with Gasteiger partial charge in [-0.15, -0.1) is 0 Å². The molecule has 3 nitrogen and oxygen atoms in total. The molecule has 1 amide bonds. The van der Waals surface area contributed by atoms with Gasteiger partial charge in [-0.25, -0.2) is 9.18 Å². The molecule has 1 saturated heterocycles. The molecule has 0 radical (unpaired) electrons. The molecule has 1 aliphatic heterocycles. The highest BCUT2D eigenvalue weighted by Gasteiger charge is 2.45. The largest absolute Gasteiger partial charge is 0.444 e.